The average Bonchev–Trinajstić information content (AvgIpc) is 2.91. The Morgan fingerprint density at radius 3 is 2.32 bits per heavy atom. The number of amides is 2. The minimum atomic E-state index is -3.61. The molecule has 2 N–H and O–H groups in total. The summed E-state index contributed by atoms with van der Waals surface area (Å²) in [4.78, 5) is 26.1. The van der Waals surface area contributed by atoms with Crippen LogP contribution in [0.25, 0.3) is 0 Å². The second kappa shape index (κ2) is 12.3. The van der Waals surface area contributed by atoms with Crippen LogP contribution in [0.5, 0.6) is 0 Å². The van der Waals surface area contributed by atoms with Crippen LogP contribution in [0.2, 0.25) is 10.0 Å². The highest BCUT2D eigenvalue weighted by Gasteiger charge is 2.32. The number of hydrogen-bond acceptors (Lipinski definition) is 4. The summed E-state index contributed by atoms with van der Waals surface area (Å²) >= 11 is 12.1. The molecule has 1 saturated heterocycles. The van der Waals surface area contributed by atoms with Gasteiger partial charge in [0.2, 0.25) is 15.9 Å². The maximum atomic E-state index is 13.1. The van der Waals surface area contributed by atoms with Crippen LogP contribution in [0, 0.1) is 5.92 Å². The van der Waals surface area contributed by atoms with E-state index in [9.17, 15) is 18.0 Å². The van der Waals surface area contributed by atoms with Crippen molar-refractivity contribution in [2.24, 2.45) is 5.92 Å². The molecule has 0 spiro atoms. The molecule has 3 aromatic carbocycles. The number of hydrogen-bond donors (Lipinski definition) is 2. The number of nitrogens with zero attached hydrogens (tertiary/aromatic N) is 1. The van der Waals surface area contributed by atoms with E-state index in [4.69, 9.17) is 23.2 Å². The lowest BCUT2D eigenvalue weighted by Gasteiger charge is -2.30. The normalized spacial score (nSPS) is 15.6. The number of carbonyl (C=O) groups excluding carboxylic acids is 2. The number of para-hydroxylation sites is 1. The molecule has 0 bridgehead atoms. The Kier molecular flexibility index (Phi) is 9.10. The van der Waals surface area contributed by atoms with E-state index >= 15 is 0 Å². The quantitative estimate of drug-likeness (QED) is 0.363. The van der Waals surface area contributed by atoms with Gasteiger partial charge in [-0.3, -0.25) is 9.59 Å². The van der Waals surface area contributed by atoms with E-state index in [1.165, 1.54) is 10.4 Å². The number of piperidine rings is 1. The first-order chi connectivity index (χ1) is 18.1. The Bertz CT molecular complexity index is 1410. The van der Waals surface area contributed by atoms with Crippen LogP contribution in [0.1, 0.15) is 47.3 Å². The van der Waals surface area contributed by atoms with Crippen LogP contribution in [0.15, 0.2) is 72.8 Å². The van der Waals surface area contributed by atoms with Crippen LogP contribution in [-0.2, 0) is 20.6 Å². The van der Waals surface area contributed by atoms with E-state index in [1.807, 2.05) is 37.3 Å². The van der Waals surface area contributed by atoms with Crippen LogP contribution in [0.4, 0.5) is 5.69 Å². The highest BCUT2D eigenvalue weighted by atomic mass is 35.5. The summed E-state index contributed by atoms with van der Waals surface area (Å²) in [7, 11) is -3.61. The fourth-order valence-electron chi connectivity index (χ4n) is 4.45. The molecule has 0 aromatic heterocycles. The molecule has 1 fully saturated rings. The van der Waals surface area contributed by atoms with Crippen molar-refractivity contribution >= 4 is 50.7 Å². The van der Waals surface area contributed by atoms with Crippen LogP contribution in [-0.4, -0.2) is 37.6 Å². The first-order valence-electron chi connectivity index (χ1n) is 12.3. The molecule has 1 atom stereocenters. The zero-order valence-electron chi connectivity index (χ0n) is 20.9. The molecular formula is C28H29Cl2N3O4S. The third kappa shape index (κ3) is 6.94. The molecule has 2 amide bonds. The van der Waals surface area contributed by atoms with Crippen molar-refractivity contribution in [2.75, 3.05) is 18.4 Å². The second-order valence-electron chi connectivity index (χ2n) is 9.31. The molecule has 0 radical (unpaired) electrons. The van der Waals surface area contributed by atoms with Crippen molar-refractivity contribution in [2.45, 2.75) is 31.6 Å². The molecule has 1 aliphatic heterocycles. The van der Waals surface area contributed by atoms with E-state index in [2.05, 4.69) is 10.6 Å². The van der Waals surface area contributed by atoms with Crippen molar-refractivity contribution in [3.63, 3.8) is 0 Å². The number of rotatable bonds is 8. The number of benzene rings is 3. The van der Waals surface area contributed by atoms with Crippen LogP contribution < -0.4 is 10.6 Å². The summed E-state index contributed by atoms with van der Waals surface area (Å²) < 4.78 is 27.3. The van der Waals surface area contributed by atoms with Gasteiger partial charge in [-0.25, -0.2) is 12.7 Å². The highest BCUT2D eigenvalue weighted by molar-refractivity contribution is 7.88. The maximum absolute atomic E-state index is 13.1. The van der Waals surface area contributed by atoms with Crippen molar-refractivity contribution in [3.8, 4) is 0 Å². The largest absolute Gasteiger partial charge is 0.345 e. The second-order valence-corrected chi connectivity index (χ2v) is 12.1. The smallest absolute Gasteiger partial charge is 0.253 e. The van der Waals surface area contributed by atoms with Gasteiger partial charge in [0.1, 0.15) is 0 Å². The van der Waals surface area contributed by atoms with Crippen molar-refractivity contribution in [3.05, 3.63) is 99.5 Å². The van der Waals surface area contributed by atoms with Crippen LogP contribution >= 0.6 is 23.2 Å². The maximum Gasteiger partial charge on any atom is 0.253 e. The Labute approximate surface area is 233 Å². The average molecular weight is 575 g/mol. The van der Waals surface area contributed by atoms with Gasteiger partial charge in [-0.05, 0) is 55.2 Å². The Morgan fingerprint density at radius 2 is 1.63 bits per heavy atom. The zero-order chi connectivity index (χ0) is 27.3. The monoisotopic (exact) mass is 573 g/mol. The summed E-state index contributed by atoms with van der Waals surface area (Å²) in [5, 5.41) is 6.60. The molecule has 7 nitrogen and oxygen atoms in total. The van der Waals surface area contributed by atoms with E-state index in [-0.39, 0.29) is 42.6 Å². The first-order valence-corrected chi connectivity index (χ1v) is 14.7. The third-order valence-electron chi connectivity index (χ3n) is 6.65. The lowest BCUT2D eigenvalue weighted by atomic mass is 9.97. The SMILES string of the molecule is C[C@H](NC(=O)c1ccccc1NC(=O)C1CCN(S(=O)(=O)Cc2ccc(Cl)cc2Cl)CC1)c1ccccc1. The fraction of sp³-hybridized carbons (Fsp3) is 0.286. The molecule has 0 aliphatic carbocycles. The predicted octanol–water partition coefficient (Wildman–Crippen LogP) is 5.66. The summed E-state index contributed by atoms with van der Waals surface area (Å²) in [6.45, 7) is 2.35. The molecule has 0 unspecified atom stereocenters. The minimum absolute atomic E-state index is 0.207. The van der Waals surface area contributed by atoms with Gasteiger partial charge in [0.25, 0.3) is 5.91 Å². The van der Waals surface area contributed by atoms with Gasteiger partial charge in [0.05, 0.1) is 23.0 Å². The Balaban J connectivity index is 1.36. The Hall–Kier alpha value is -2.91. The van der Waals surface area contributed by atoms with Gasteiger partial charge in [-0.2, -0.15) is 0 Å². The molecule has 3 aromatic rings. The third-order valence-corrected chi connectivity index (χ3v) is 9.06. The molecule has 0 saturated carbocycles. The molecule has 1 heterocycles. The summed E-state index contributed by atoms with van der Waals surface area (Å²) in [5.41, 5.74) is 2.24. The van der Waals surface area contributed by atoms with Gasteiger partial charge < -0.3 is 10.6 Å². The van der Waals surface area contributed by atoms with Gasteiger partial charge >= 0.3 is 0 Å². The zero-order valence-corrected chi connectivity index (χ0v) is 23.2. The van der Waals surface area contributed by atoms with Crippen molar-refractivity contribution in [1.29, 1.82) is 0 Å². The number of halogens is 2. The molecule has 38 heavy (non-hydrogen) atoms. The van der Waals surface area contributed by atoms with Gasteiger partial charge in [-0.1, -0.05) is 71.7 Å². The number of carbonyl (C=O) groups is 2. The fourth-order valence-corrected chi connectivity index (χ4v) is 6.60. The van der Waals surface area contributed by atoms with Gasteiger partial charge in [0, 0.05) is 29.1 Å². The number of sulfonamides is 1. The molecule has 200 valence electrons. The van der Waals surface area contributed by atoms with Gasteiger partial charge in [0.15, 0.2) is 0 Å². The Morgan fingerprint density at radius 1 is 0.974 bits per heavy atom. The molecule has 10 heteroatoms. The number of anilines is 1. The van der Waals surface area contributed by atoms with E-state index in [0.29, 0.717) is 39.7 Å². The minimum Gasteiger partial charge on any atom is -0.345 e. The summed E-state index contributed by atoms with van der Waals surface area (Å²) in [5.74, 6) is -1.14. The molecular weight excluding hydrogens is 545 g/mol. The van der Waals surface area contributed by atoms with E-state index in [0.717, 1.165) is 5.56 Å². The lowest BCUT2D eigenvalue weighted by Crippen LogP contribution is -2.42. The highest BCUT2D eigenvalue weighted by Crippen LogP contribution is 2.27. The van der Waals surface area contributed by atoms with Gasteiger partial charge in [-0.15, -0.1) is 0 Å². The predicted molar refractivity (Wildman–Crippen MR) is 151 cm³/mol. The van der Waals surface area contributed by atoms with E-state index < -0.39 is 10.0 Å². The van der Waals surface area contributed by atoms with Crippen molar-refractivity contribution in [1.82, 2.24) is 9.62 Å². The molecule has 1 aliphatic rings. The summed E-state index contributed by atoms with van der Waals surface area (Å²) in [6, 6.07) is 21.0. The summed E-state index contributed by atoms with van der Waals surface area (Å²) in [6.07, 6.45) is 0.748. The van der Waals surface area contributed by atoms with Crippen LogP contribution in [0.3, 0.4) is 0 Å². The lowest BCUT2D eigenvalue weighted by molar-refractivity contribution is -0.120. The van der Waals surface area contributed by atoms with E-state index in [1.54, 1.807) is 36.4 Å². The molecule has 4 rings (SSSR count). The topological polar surface area (TPSA) is 95.6 Å². The first kappa shape index (κ1) is 28.1. The number of nitrogens with one attached hydrogen (secondary N) is 2. The standard InChI is InChI=1S/C28H29Cl2N3O4S/c1-19(20-7-3-2-4-8-20)31-28(35)24-9-5-6-10-26(24)32-27(34)21-13-15-33(16-14-21)38(36,37)18-22-11-12-23(29)17-25(22)30/h2-12,17,19,21H,13-16,18H2,1H3,(H,31,35)(H,32,34)/t19-/m0/s1. The van der Waals surface area contributed by atoms with Crippen molar-refractivity contribution < 1.29 is 18.0 Å².